The van der Waals surface area contributed by atoms with E-state index in [1.54, 1.807) is 0 Å². The molecule has 3 heteroatoms. The molecule has 18 heavy (non-hydrogen) atoms. The topological polar surface area (TPSA) is 55.1 Å². The fraction of sp³-hybridized carbons (Fsp3) is 0.800. The van der Waals surface area contributed by atoms with E-state index in [4.69, 9.17) is 5.73 Å². The minimum Gasteiger partial charge on any atom is -0.349 e. The minimum atomic E-state index is -0.263. The maximum atomic E-state index is 12.1. The lowest BCUT2D eigenvalue weighted by molar-refractivity contribution is -0.122. The second-order valence-corrected chi connectivity index (χ2v) is 6.20. The molecule has 1 aliphatic rings. The summed E-state index contributed by atoms with van der Waals surface area (Å²) in [6.45, 7) is 6.85. The van der Waals surface area contributed by atoms with Gasteiger partial charge in [-0.15, -0.1) is 0 Å². The lowest BCUT2D eigenvalue weighted by atomic mass is 9.90. The van der Waals surface area contributed by atoms with E-state index in [0.717, 1.165) is 19.3 Å². The standard InChI is InChI=1S/C15H28N2O/c1-12(2)10-15(3,11-16)17-14(18)9-13-7-5-4-6-8-13/h7,12H,4-6,8-11,16H2,1-3H3,(H,17,18). The number of nitrogens with two attached hydrogens (primary N) is 1. The Balaban J connectivity index is 2.48. The molecule has 1 amide bonds. The molecule has 1 atom stereocenters. The van der Waals surface area contributed by atoms with Gasteiger partial charge in [0.1, 0.15) is 0 Å². The summed E-state index contributed by atoms with van der Waals surface area (Å²) < 4.78 is 0. The number of nitrogens with one attached hydrogen (secondary N) is 1. The Labute approximate surface area is 111 Å². The van der Waals surface area contributed by atoms with Gasteiger partial charge in [0, 0.05) is 18.5 Å². The van der Waals surface area contributed by atoms with Crippen molar-refractivity contribution >= 4 is 5.91 Å². The zero-order chi connectivity index (χ0) is 13.6. The van der Waals surface area contributed by atoms with Crippen LogP contribution < -0.4 is 11.1 Å². The molecule has 3 N–H and O–H groups in total. The maximum absolute atomic E-state index is 12.1. The lowest BCUT2D eigenvalue weighted by Gasteiger charge is -2.31. The Morgan fingerprint density at radius 3 is 2.72 bits per heavy atom. The van der Waals surface area contributed by atoms with E-state index in [9.17, 15) is 4.79 Å². The number of carbonyl (C=O) groups excluding carboxylic acids is 1. The van der Waals surface area contributed by atoms with E-state index < -0.39 is 0 Å². The van der Waals surface area contributed by atoms with Gasteiger partial charge in [0.2, 0.25) is 5.91 Å². The third-order valence-corrected chi connectivity index (χ3v) is 3.52. The van der Waals surface area contributed by atoms with Gasteiger partial charge in [0.25, 0.3) is 0 Å². The first-order valence-electron chi connectivity index (χ1n) is 7.14. The second-order valence-electron chi connectivity index (χ2n) is 6.20. The molecule has 1 unspecified atom stereocenters. The van der Waals surface area contributed by atoms with Crippen LogP contribution in [0, 0.1) is 5.92 Å². The Kier molecular flexibility index (Phi) is 5.86. The third-order valence-electron chi connectivity index (χ3n) is 3.52. The van der Waals surface area contributed by atoms with Gasteiger partial charge in [0.05, 0.1) is 0 Å². The van der Waals surface area contributed by atoms with E-state index >= 15 is 0 Å². The van der Waals surface area contributed by atoms with Crippen LogP contribution in [0.1, 0.15) is 59.3 Å². The molecule has 104 valence electrons. The fourth-order valence-electron chi connectivity index (χ4n) is 2.74. The summed E-state index contributed by atoms with van der Waals surface area (Å²) in [6.07, 6.45) is 8.39. The first-order valence-corrected chi connectivity index (χ1v) is 7.14. The third kappa shape index (κ3) is 5.21. The van der Waals surface area contributed by atoms with Gasteiger partial charge in [-0.3, -0.25) is 4.79 Å². The van der Waals surface area contributed by atoms with Crippen LogP contribution in [-0.4, -0.2) is 18.0 Å². The van der Waals surface area contributed by atoms with Gasteiger partial charge in [-0.25, -0.2) is 0 Å². The molecule has 0 aliphatic heterocycles. The summed E-state index contributed by atoms with van der Waals surface area (Å²) in [7, 11) is 0. The summed E-state index contributed by atoms with van der Waals surface area (Å²) in [5, 5.41) is 3.12. The lowest BCUT2D eigenvalue weighted by Crippen LogP contribution is -2.52. The Bertz CT molecular complexity index is 310. The van der Waals surface area contributed by atoms with Crippen LogP contribution in [0.3, 0.4) is 0 Å². The van der Waals surface area contributed by atoms with Crippen LogP contribution in [0.4, 0.5) is 0 Å². The molecule has 3 nitrogen and oxygen atoms in total. The predicted molar refractivity (Wildman–Crippen MR) is 76.2 cm³/mol. The van der Waals surface area contributed by atoms with Gasteiger partial charge in [0.15, 0.2) is 0 Å². The number of hydrogen-bond donors (Lipinski definition) is 2. The predicted octanol–water partition coefficient (Wildman–Crippen LogP) is 2.76. The van der Waals surface area contributed by atoms with Crippen LogP contribution in [0.2, 0.25) is 0 Å². The van der Waals surface area contributed by atoms with Crippen molar-refractivity contribution < 1.29 is 4.79 Å². The zero-order valence-corrected chi connectivity index (χ0v) is 12.1. The van der Waals surface area contributed by atoms with E-state index in [0.29, 0.717) is 18.9 Å². The summed E-state index contributed by atoms with van der Waals surface area (Å²) in [6, 6.07) is 0. The highest BCUT2D eigenvalue weighted by molar-refractivity contribution is 5.79. The Hall–Kier alpha value is -0.830. The molecule has 0 bridgehead atoms. The molecule has 0 spiro atoms. The summed E-state index contributed by atoms with van der Waals surface area (Å²) >= 11 is 0. The van der Waals surface area contributed by atoms with E-state index in [1.165, 1.54) is 18.4 Å². The first kappa shape index (κ1) is 15.2. The number of hydrogen-bond acceptors (Lipinski definition) is 2. The van der Waals surface area contributed by atoms with E-state index in [-0.39, 0.29) is 11.4 Å². The molecular formula is C15H28N2O. The molecule has 0 aromatic heterocycles. The number of amides is 1. The largest absolute Gasteiger partial charge is 0.349 e. The normalized spacial score (nSPS) is 19.3. The number of rotatable bonds is 6. The minimum absolute atomic E-state index is 0.122. The molecule has 1 rings (SSSR count). The summed E-state index contributed by atoms with van der Waals surface area (Å²) in [4.78, 5) is 12.1. The zero-order valence-electron chi connectivity index (χ0n) is 12.1. The molecule has 0 aromatic rings. The average Bonchev–Trinajstić information content (AvgIpc) is 2.28. The summed E-state index contributed by atoms with van der Waals surface area (Å²) in [5.41, 5.74) is 6.84. The van der Waals surface area contributed by atoms with Gasteiger partial charge in [-0.1, -0.05) is 25.5 Å². The van der Waals surface area contributed by atoms with Crippen molar-refractivity contribution in [2.24, 2.45) is 11.7 Å². The smallest absolute Gasteiger partial charge is 0.224 e. The second kappa shape index (κ2) is 6.93. The maximum Gasteiger partial charge on any atom is 0.224 e. The van der Waals surface area contributed by atoms with E-state index in [2.05, 4.69) is 25.2 Å². The van der Waals surface area contributed by atoms with Crippen molar-refractivity contribution in [3.05, 3.63) is 11.6 Å². The SMILES string of the molecule is CC(C)CC(C)(CN)NC(=O)CC1=CCCCC1. The molecule has 0 aromatic carbocycles. The van der Waals surface area contributed by atoms with Crippen molar-refractivity contribution in [1.82, 2.24) is 5.32 Å². The molecular weight excluding hydrogens is 224 g/mol. The summed E-state index contributed by atoms with van der Waals surface area (Å²) in [5.74, 6) is 0.657. The van der Waals surface area contributed by atoms with Crippen LogP contribution in [0.15, 0.2) is 11.6 Å². The quantitative estimate of drug-likeness (QED) is 0.714. The van der Waals surface area contributed by atoms with Crippen molar-refractivity contribution in [2.75, 3.05) is 6.54 Å². The van der Waals surface area contributed by atoms with Crippen molar-refractivity contribution in [3.8, 4) is 0 Å². The van der Waals surface area contributed by atoms with Crippen LogP contribution >= 0.6 is 0 Å². The van der Waals surface area contributed by atoms with E-state index in [1.807, 2.05) is 6.92 Å². The molecule has 0 radical (unpaired) electrons. The molecule has 0 fully saturated rings. The molecule has 0 heterocycles. The highest BCUT2D eigenvalue weighted by Gasteiger charge is 2.26. The van der Waals surface area contributed by atoms with Crippen molar-refractivity contribution in [2.45, 2.75) is 64.8 Å². The molecule has 0 saturated heterocycles. The Morgan fingerprint density at radius 1 is 1.50 bits per heavy atom. The van der Waals surface area contributed by atoms with Crippen LogP contribution in [-0.2, 0) is 4.79 Å². The van der Waals surface area contributed by atoms with Crippen LogP contribution in [0.5, 0.6) is 0 Å². The number of allylic oxidation sites excluding steroid dienone is 1. The van der Waals surface area contributed by atoms with Crippen LogP contribution in [0.25, 0.3) is 0 Å². The monoisotopic (exact) mass is 252 g/mol. The van der Waals surface area contributed by atoms with Gasteiger partial charge >= 0.3 is 0 Å². The molecule has 0 saturated carbocycles. The van der Waals surface area contributed by atoms with Gasteiger partial charge in [-0.2, -0.15) is 0 Å². The molecule has 1 aliphatic carbocycles. The fourth-order valence-corrected chi connectivity index (χ4v) is 2.74. The first-order chi connectivity index (χ1) is 8.45. The number of carbonyl (C=O) groups is 1. The highest BCUT2D eigenvalue weighted by atomic mass is 16.1. The van der Waals surface area contributed by atoms with Gasteiger partial charge < -0.3 is 11.1 Å². The van der Waals surface area contributed by atoms with Crippen molar-refractivity contribution in [3.63, 3.8) is 0 Å². The van der Waals surface area contributed by atoms with Gasteiger partial charge in [-0.05, 0) is 44.9 Å². The average molecular weight is 252 g/mol. The Morgan fingerprint density at radius 2 is 2.22 bits per heavy atom. The van der Waals surface area contributed by atoms with Crippen molar-refractivity contribution in [1.29, 1.82) is 0 Å². The highest BCUT2D eigenvalue weighted by Crippen LogP contribution is 2.21.